The maximum atomic E-state index is 11.4. The first-order valence-electron chi connectivity index (χ1n) is 5.12. The Kier molecular flexibility index (Phi) is 3.01. The summed E-state index contributed by atoms with van der Waals surface area (Å²) in [5.41, 5.74) is -1.35. The fraction of sp³-hybridized carbons (Fsp3) is 0.625. The predicted octanol–water partition coefficient (Wildman–Crippen LogP) is -1.55. The summed E-state index contributed by atoms with van der Waals surface area (Å²) in [6, 6.07) is -0.340. The van der Waals surface area contributed by atoms with Gasteiger partial charge >= 0.3 is 5.69 Å². The number of H-pyrrole nitrogens is 2. The van der Waals surface area contributed by atoms with Gasteiger partial charge in [-0.25, -0.2) is 18.3 Å². The molecule has 0 aliphatic carbocycles. The Hall–Kier alpha value is -1.64. The quantitative estimate of drug-likeness (QED) is 0.591. The van der Waals surface area contributed by atoms with E-state index < -0.39 is 21.1 Å². The van der Waals surface area contributed by atoms with Crippen molar-refractivity contribution in [3.05, 3.63) is 20.8 Å². The summed E-state index contributed by atoms with van der Waals surface area (Å²) >= 11 is 0. The fourth-order valence-electron chi connectivity index (χ4n) is 1.78. The Bertz CT molecular complexity index is 617. The molecule has 0 bridgehead atoms. The van der Waals surface area contributed by atoms with E-state index in [1.807, 2.05) is 4.98 Å². The number of hydrogen-bond acceptors (Lipinski definition) is 6. The van der Waals surface area contributed by atoms with Crippen molar-refractivity contribution in [1.29, 1.82) is 0 Å². The molecule has 1 aromatic rings. The minimum absolute atomic E-state index is 0.0206. The highest BCUT2D eigenvalue weighted by Crippen LogP contribution is 2.14. The highest BCUT2D eigenvalue weighted by molar-refractivity contribution is 7.91. The maximum Gasteiger partial charge on any atom is 0.342 e. The highest BCUT2D eigenvalue weighted by atomic mass is 32.2. The van der Waals surface area contributed by atoms with Gasteiger partial charge in [-0.2, -0.15) is 0 Å². The van der Waals surface area contributed by atoms with Gasteiger partial charge < -0.3 is 5.32 Å². The summed E-state index contributed by atoms with van der Waals surface area (Å²) in [5, 5.41) is 8.34. The molecule has 2 rings (SSSR count). The Morgan fingerprint density at radius 1 is 1.35 bits per heavy atom. The number of aromatic nitrogens is 3. The van der Waals surface area contributed by atoms with Gasteiger partial charge in [-0.1, -0.05) is 0 Å². The summed E-state index contributed by atoms with van der Waals surface area (Å²) in [6.45, 7) is 0. The Labute approximate surface area is 96.4 Å². The van der Waals surface area contributed by atoms with Gasteiger partial charge in [0.05, 0.1) is 11.5 Å². The number of aromatic amines is 2. The van der Waals surface area contributed by atoms with Gasteiger partial charge in [0, 0.05) is 6.04 Å². The van der Waals surface area contributed by atoms with E-state index in [-0.39, 0.29) is 23.4 Å². The molecule has 9 heteroatoms. The fourth-order valence-corrected chi connectivity index (χ4v) is 3.41. The first kappa shape index (κ1) is 11.8. The van der Waals surface area contributed by atoms with Gasteiger partial charge in [0.25, 0.3) is 5.56 Å². The number of rotatable bonds is 2. The molecule has 2 heterocycles. The molecule has 94 valence electrons. The van der Waals surface area contributed by atoms with Crippen LogP contribution in [0.4, 0.5) is 5.82 Å². The lowest BCUT2D eigenvalue weighted by Crippen LogP contribution is -2.38. The van der Waals surface area contributed by atoms with E-state index >= 15 is 0 Å². The van der Waals surface area contributed by atoms with Crippen LogP contribution in [0.1, 0.15) is 12.8 Å². The number of sulfone groups is 1. The molecule has 0 aromatic carbocycles. The number of anilines is 1. The van der Waals surface area contributed by atoms with Crippen molar-refractivity contribution in [2.45, 2.75) is 18.9 Å². The number of hydrogen-bond donors (Lipinski definition) is 3. The molecule has 1 aliphatic rings. The van der Waals surface area contributed by atoms with Crippen LogP contribution in [0.5, 0.6) is 0 Å². The molecule has 1 unspecified atom stereocenters. The van der Waals surface area contributed by atoms with Gasteiger partial charge in [0.1, 0.15) is 0 Å². The van der Waals surface area contributed by atoms with Crippen molar-refractivity contribution < 1.29 is 8.42 Å². The van der Waals surface area contributed by atoms with E-state index in [0.717, 1.165) is 0 Å². The zero-order valence-corrected chi connectivity index (χ0v) is 9.71. The lowest BCUT2D eigenvalue weighted by molar-refractivity contribution is 0.561. The van der Waals surface area contributed by atoms with Crippen LogP contribution in [-0.4, -0.2) is 41.1 Å². The van der Waals surface area contributed by atoms with E-state index in [9.17, 15) is 18.0 Å². The van der Waals surface area contributed by atoms with Gasteiger partial charge in [-0.15, -0.1) is 5.10 Å². The second-order valence-electron chi connectivity index (χ2n) is 3.95. The summed E-state index contributed by atoms with van der Waals surface area (Å²) in [7, 11) is -3.05. The average molecular weight is 260 g/mol. The van der Waals surface area contributed by atoms with Crippen molar-refractivity contribution in [1.82, 2.24) is 15.2 Å². The van der Waals surface area contributed by atoms with E-state index in [0.29, 0.717) is 12.8 Å². The molecule has 1 saturated heterocycles. The summed E-state index contributed by atoms with van der Waals surface area (Å²) in [5.74, 6) is 0.0973. The lowest BCUT2D eigenvalue weighted by Gasteiger charge is -2.22. The van der Waals surface area contributed by atoms with Crippen LogP contribution in [-0.2, 0) is 9.84 Å². The lowest BCUT2D eigenvalue weighted by atomic mass is 10.2. The molecule has 0 radical (unpaired) electrons. The third-order valence-corrected chi connectivity index (χ3v) is 4.34. The van der Waals surface area contributed by atoms with Crippen LogP contribution in [0.2, 0.25) is 0 Å². The number of nitrogens with zero attached hydrogens (tertiary/aromatic N) is 1. The van der Waals surface area contributed by atoms with Crippen LogP contribution < -0.4 is 16.6 Å². The minimum atomic E-state index is -3.05. The van der Waals surface area contributed by atoms with E-state index in [2.05, 4.69) is 15.5 Å². The molecule has 0 saturated carbocycles. The van der Waals surface area contributed by atoms with Crippen LogP contribution in [0.15, 0.2) is 9.59 Å². The third kappa shape index (κ3) is 2.93. The second kappa shape index (κ2) is 4.32. The molecular formula is C8H12N4O4S. The monoisotopic (exact) mass is 260 g/mol. The molecule has 0 spiro atoms. The van der Waals surface area contributed by atoms with Crippen LogP contribution in [0, 0.1) is 0 Å². The predicted molar refractivity (Wildman–Crippen MR) is 60.8 cm³/mol. The van der Waals surface area contributed by atoms with Crippen molar-refractivity contribution >= 4 is 15.7 Å². The second-order valence-corrected chi connectivity index (χ2v) is 6.18. The standard InChI is InChI=1S/C8H12N4O4S/c13-7-6(11-12-8(14)10-7)9-5-2-1-3-17(15,16)4-5/h5H,1-4H2,(H,9,11)(H2,10,12,13,14). The van der Waals surface area contributed by atoms with Crippen molar-refractivity contribution in [2.24, 2.45) is 0 Å². The molecule has 3 N–H and O–H groups in total. The molecule has 8 nitrogen and oxygen atoms in total. The normalized spacial score (nSPS) is 23.2. The molecule has 1 fully saturated rings. The smallest absolute Gasteiger partial charge is 0.342 e. The largest absolute Gasteiger partial charge is 0.360 e. The van der Waals surface area contributed by atoms with Crippen molar-refractivity contribution in [2.75, 3.05) is 16.8 Å². The third-order valence-electron chi connectivity index (χ3n) is 2.52. The SMILES string of the molecule is O=c1[nH]nc(NC2CCCS(=O)(=O)C2)c(=O)[nH]1. The van der Waals surface area contributed by atoms with Gasteiger partial charge in [-0.05, 0) is 12.8 Å². The average Bonchev–Trinajstić information content (AvgIpc) is 2.21. The van der Waals surface area contributed by atoms with E-state index in [4.69, 9.17) is 0 Å². The topological polar surface area (TPSA) is 125 Å². The van der Waals surface area contributed by atoms with Crippen LogP contribution >= 0.6 is 0 Å². The van der Waals surface area contributed by atoms with Gasteiger partial charge in [0.2, 0.25) is 5.82 Å². The van der Waals surface area contributed by atoms with Crippen molar-refractivity contribution in [3.8, 4) is 0 Å². The summed E-state index contributed by atoms with van der Waals surface area (Å²) in [6.07, 6.45) is 1.21. The van der Waals surface area contributed by atoms with E-state index in [1.54, 1.807) is 0 Å². The maximum absolute atomic E-state index is 11.4. The first-order chi connectivity index (χ1) is 7.96. The first-order valence-corrected chi connectivity index (χ1v) is 6.94. The molecule has 1 aromatic heterocycles. The molecule has 0 amide bonds. The molecule has 17 heavy (non-hydrogen) atoms. The summed E-state index contributed by atoms with van der Waals surface area (Å²) < 4.78 is 22.8. The highest BCUT2D eigenvalue weighted by Gasteiger charge is 2.25. The Morgan fingerprint density at radius 3 is 2.76 bits per heavy atom. The Morgan fingerprint density at radius 2 is 2.12 bits per heavy atom. The summed E-state index contributed by atoms with van der Waals surface area (Å²) in [4.78, 5) is 24.1. The van der Waals surface area contributed by atoms with E-state index in [1.165, 1.54) is 0 Å². The zero-order chi connectivity index (χ0) is 12.5. The minimum Gasteiger partial charge on any atom is -0.360 e. The van der Waals surface area contributed by atoms with Crippen LogP contribution in [0.3, 0.4) is 0 Å². The zero-order valence-electron chi connectivity index (χ0n) is 8.89. The number of nitrogens with one attached hydrogen (secondary N) is 3. The van der Waals surface area contributed by atoms with Crippen molar-refractivity contribution in [3.63, 3.8) is 0 Å². The Balaban J connectivity index is 2.16. The molecule has 1 atom stereocenters. The van der Waals surface area contributed by atoms with Crippen LogP contribution in [0.25, 0.3) is 0 Å². The molecule has 1 aliphatic heterocycles. The van der Waals surface area contributed by atoms with Gasteiger partial charge in [0.15, 0.2) is 9.84 Å². The molecular weight excluding hydrogens is 248 g/mol. The van der Waals surface area contributed by atoms with Gasteiger partial charge in [-0.3, -0.25) is 9.78 Å².